The maximum atomic E-state index is 12.8. The number of aryl methyl sites for hydroxylation is 3. The number of H-pyrrole nitrogens is 1. The van der Waals surface area contributed by atoms with Gasteiger partial charge in [0.2, 0.25) is 0 Å². The zero-order valence-electron chi connectivity index (χ0n) is 17.4. The van der Waals surface area contributed by atoms with Gasteiger partial charge in [0, 0.05) is 33.8 Å². The highest BCUT2D eigenvalue weighted by Crippen LogP contribution is 2.41. The minimum atomic E-state index is -3.69. The minimum absolute atomic E-state index is 0.223. The van der Waals surface area contributed by atoms with E-state index in [2.05, 4.69) is 15.8 Å². The number of sulfonamides is 1. The molecule has 0 atom stereocenters. The van der Waals surface area contributed by atoms with Crippen LogP contribution >= 0.6 is 0 Å². The van der Waals surface area contributed by atoms with Crippen molar-refractivity contribution in [1.82, 2.24) is 4.98 Å². The predicted molar refractivity (Wildman–Crippen MR) is 122 cm³/mol. The van der Waals surface area contributed by atoms with Gasteiger partial charge in [-0.15, -0.1) is 0 Å². The molecule has 0 spiro atoms. The van der Waals surface area contributed by atoms with E-state index in [1.165, 1.54) is 0 Å². The van der Waals surface area contributed by atoms with Crippen molar-refractivity contribution in [3.8, 4) is 16.9 Å². The van der Waals surface area contributed by atoms with Gasteiger partial charge in [-0.25, -0.2) is 8.42 Å². The van der Waals surface area contributed by atoms with E-state index in [0.717, 1.165) is 38.9 Å². The van der Waals surface area contributed by atoms with E-state index < -0.39 is 10.0 Å². The van der Waals surface area contributed by atoms with E-state index in [1.54, 1.807) is 37.4 Å². The second-order valence-corrected chi connectivity index (χ2v) is 9.14. The third-order valence-corrected chi connectivity index (χ3v) is 6.64. The first-order valence-corrected chi connectivity index (χ1v) is 11.1. The molecule has 2 N–H and O–H groups in total. The van der Waals surface area contributed by atoms with Gasteiger partial charge in [-0.3, -0.25) is 4.72 Å². The standard InChI is InChI=1S/C24H24N2O3S/c1-15-9-11-19(12-10-15)30(27,28)26-18-13-16(2)23(22(14-18)29-4)24-17(3)25-21-8-6-5-7-20(21)24/h5-14,25-26H,1-4H3. The number of hydrogen-bond acceptors (Lipinski definition) is 3. The van der Waals surface area contributed by atoms with Crippen LogP contribution in [0.1, 0.15) is 16.8 Å². The summed E-state index contributed by atoms with van der Waals surface area (Å²) >= 11 is 0. The third kappa shape index (κ3) is 3.55. The summed E-state index contributed by atoms with van der Waals surface area (Å²) in [6, 6.07) is 18.4. The first-order chi connectivity index (χ1) is 14.3. The average molecular weight is 421 g/mol. The van der Waals surface area contributed by atoms with Crippen molar-refractivity contribution in [3.63, 3.8) is 0 Å². The average Bonchev–Trinajstić information content (AvgIpc) is 3.03. The van der Waals surface area contributed by atoms with Gasteiger partial charge in [0.05, 0.1) is 17.7 Å². The fourth-order valence-electron chi connectivity index (χ4n) is 3.83. The minimum Gasteiger partial charge on any atom is -0.496 e. The van der Waals surface area contributed by atoms with Crippen LogP contribution in [0.2, 0.25) is 0 Å². The Morgan fingerprint density at radius 1 is 0.900 bits per heavy atom. The molecule has 6 heteroatoms. The molecule has 0 aliphatic carbocycles. The lowest BCUT2D eigenvalue weighted by Crippen LogP contribution is -2.13. The van der Waals surface area contributed by atoms with Crippen LogP contribution in [0.4, 0.5) is 5.69 Å². The van der Waals surface area contributed by atoms with E-state index in [-0.39, 0.29) is 4.90 Å². The quantitative estimate of drug-likeness (QED) is 0.443. The number of hydrogen-bond donors (Lipinski definition) is 2. The normalized spacial score (nSPS) is 11.6. The van der Waals surface area contributed by atoms with Crippen LogP contribution in [0.5, 0.6) is 5.75 Å². The van der Waals surface area contributed by atoms with Crippen molar-refractivity contribution in [3.05, 3.63) is 77.5 Å². The van der Waals surface area contributed by atoms with Crippen LogP contribution in [-0.4, -0.2) is 20.5 Å². The molecule has 154 valence electrons. The lowest BCUT2D eigenvalue weighted by atomic mass is 9.96. The van der Waals surface area contributed by atoms with E-state index in [0.29, 0.717) is 11.4 Å². The van der Waals surface area contributed by atoms with E-state index in [9.17, 15) is 8.42 Å². The molecule has 0 bridgehead atoms. The zero-order valence-corrected chi connectivity index (χ0v) is 18.2. The Bertz CT molecular complexity index is 1340. The summed E-state index contributed by atoms with van der Waals surface area (Å²) in [5.41, 5.74) is 6.49. The molecule has 4 rings (SSSR count). The number of benzene rings is 3. The maximum absolute atomic E-state index is 12.8. The fourth-order valence-corrected chi connectivity index (χ4v) is 4.87. The Labute approximate surface area is 176 Å². The molecule has 4 aromatic rings. The Hall–Kier alpha value is -3.25. The molecule has 5 nitrogen and oxygen atoms in total. The Morgan fingerprint density at radius 3 is 2.30 bits per heavy atom. The molecular formula is C24H24N2O3S. The number of nitrogens with one attached hydrogen (secondary N) is 2. The van der Waals surface area contributed by atoms with Crippen LogP contribution in [0.15, 0.2) is 65.6 Å². The van der Waals surface area contributed by atoms with Crippen molar-refractivity contribution in [2.24, 2.45) is 0 Å². The second kappa shape index (κ2) is 7.54. The topological polar surface area (TPSA) is 71.2 Å². The van der Waals surface area contributed by atoms with Gasteiger partial charge in [0.1, 0.15) is 5.75 Å². The third-order valence-electron chi connectivity index (χ3n) is 5.25. The molecule has 0 radical (unpaired) electrons. The number of fused-ring (bicyclic) bond motifs is 1. The van der Waals surface area contributed by atoms with Gasteiger partial charge in [-0.1, -0.05) is 35.9 Å². The van der Waals surface area contributed by atoms with Crippen LogP contribution in [0, 0.1) is 20.8 Å². The number of methoxy groups -OCH3 is 1. The SMILES string of the molecule is COc1cc(NS(=O)(=O)c2ccc(C)cc2)cc(C)c1-c1c(C)[nH]c2ccccc12. The molecule has 0 aliphatic heterocycles. The molecule has 0 fully saturated rings. The number of aromatic amines is 1. The lowest BCUT2D eigenvalue weighted by Gasteiger charge is -2.16. The molecular weight excluding hydrogens is 396 g/mol. The van der Waals surface area contributed by atoms with Crippen molar-refractivity contribution in [1.29, 1.82) is 0 Å². The summed E-state index contributed by atoms with van der Waals surface area (Å²) in [5, 5.41) is 1.10. The van der Waals surface area contributed by atoms with Gasteiger partial charge in [-0.05, 0) is 50.6 Å². The summed E-state index contributed by atoms with van der Waals surface area (Å²) in [5.74, 6) is 0.615. The number of para-hydroxylation sites is 1. The van der Waals surface area contributed by atoms with Crippen molar-refractivity contribution in [2.75, 3.05) is 11.8 Å². The first kappa shape index (κ1) is 20.0. The molecule has 0 aliphatic rings. The Balaban J connectivity index is 1.80. The molecule has 3 aromatic carbocycles. The van der Waals surface area contributed by atoms with Crippen molar-refractivity contribution in [2.45, 2.75) is 25.7 Å². The second-order valence-electron chi connectivity index (χ2n) is 7.46. The maximum Gasteiger partial charge on any atom is 0.261 e. The largest absolute Gasteiger partial charge is 0.496 e. The Kier molecular flexibility index (Phi) is 5.03. The van der Waals surface area contributed by atoms with Crippen LogP contribution < -0.4 is 9.46 Å². The molecule has 0 saturated heterocycles. The lowest BCUT2D eigenvalue weighted by molar-refractivity contribution is 0.416. The summed E-state index contributed by atoms with van der Waals surface area (Å²) in [6.45, 7) is 5.91. The van der Waals surface area contributed by atoms with Gasteiger partial charge in [0.15, 0.2) is 0 Å². The number of anilines is 1. The summed E-state index contributed by atoms with van der Waals surface area (Å²) < 4.78 is 34.0. The highest BCUT2D eigenvalue weighted by Gasteiger charge is 2.20. The van der Waals surface area contributed by atoms with Gasteiger partial charge < -0.3 is 9.72 Å². The molecule has 0 unspecified atom stereocenters. The number of ether oxygens (including phenoxy) is 1. The van der Waals surface area contributed by atoms with Gasteiger partial charge >= 0.3 is 0 Å². The van der Waals surface area contributed by atoms with Crippen LogP contribution in [-0.2, 0) is 10.0 Å². The molecule has 30 heavy (non-hydrogen) atoms. The number of aromatic nitrogens is 1. The smallest absolute Gasteiger partial charge is 0.261 e. The first-order valence-electron chi connectivity index (χ1n) is 9.66. The summed E-state index contributed by atoms with van der Waals surface area (Å²) in [6.07, 6.45) is 0. The molecule has 1 aromatic heterocycles. The van der Waals surface area contributed by atoms with Crippen LogP contribution in [0.3, 0.4) is 0 Å². The van der Waals surface area contributed by atoms with Gasteiger partial charge in [0.25, 0.3) is 10.0 Å². The summed E-state index contributed by atoms with van der Waals surface area (Å²) in [4.78, 5) is 3.64. The zero-order chi connectivity index (χ0) is 21.5. The monoisotopic (exact) mass is 420 g/mol. The van der Waals surface area contributed by atoms with E-state index >= 15 is 0 Å². The molecule has 0 saturated carbocycles. The Morgan fingerprint density at radius 2 is 1.60 bits per heavy atom. The van der Waals surface area contributed by atoms with Gasteiger partial charge in [-0.2, -0.15) is 0 Å². The summed E-state index contributed by atoms with van der Waals surface area (Å²) in [7, 11) is -2.10. The molecule has 1 heterocycles. The fraction of sp³-hybridized carbons (Fsp3) is 0.167. The predicted octanol–water partition coefficient (Wildman–Crippen LogP) is 5.57. The van der Waals surface area contributed by atoms with E-state index in [4.69, 9.17) is 4.74 Å². The van der Waals surface area contributed by atoms with E-state index in [1.807, 2.05) is 45.0 Å². The number of rotatable bonds is 5. The highest BCUT2D eigenvalue weighted by molar-refractivity contribution is 7.92. The van der Waals surface area contributed by atoms with Crippen molar-refractivity contribution >= 4 is 26.6 Å². The van der Waals surface area contributed by atoms with Crippen LogP contribution in [0.25, 0.3) is 22.0 Å². The van der Waals surface area contributed by atoms with Crippen molar-refractivity contribution < 1.29 is 13.2 Å². The highest BCUT2D eigenvalue weighted by atomic mass is 32.2. The molecule has 0 amide bonds.